The summed E-state index contributed by atoms with van der Waals surface area (Å²) in [4.78, 5) is 0. The molecule has 0 atom stereocenters. The van der Waals surface area contributed by atoms with Crippen LogP contribution in [-0.4, -0.2) is 24.8 Å². The van der Waals surface area contributed by atoms with Gasteiger partial charge >= 0.3 is 0 Å². The SMILES string of the molecule is CCS(C)(CC)NC. The van der Waals surface area contributed by atoms with Crippen molar-refractivity contribution in [3.05, 3.63) is 0 Å². The molecule has 0 spiro atoms. The second-order valence-electron chi connectivity index (χ2n) is 2.06. The van der Waals surface area contributed by atoms with E-state index in [0.717, 1.165) is 0 Å². The number of nitrogens with one attached hydrogen (secondary N) is 1. The molecule has 8 heavy (non-hydrogen) atoms. The molecule has 0 aliphatic heterocycles. The van der Waals surface area contributed by atoms with Gasteiger partial charge in [-0.25, -0.2) is 0 Å². The Labute approximate surface area is 54.3 Å². The van der Waals surface area contributed by atoms with E-state index in [-0.39, 0.29) is 0 Å². The summed E-state index contributed by atoms with van der Waals surface area (Å²) in [6.45, 7) is 4.49. The van der Waals surface area contributed by atoms with Crippen molar-refractivity contribution >= 4 is 10.2 Å². The molecule has 0 radical (unpaired) electrons. The van der Waals surface area contributed by atoms with E-state index in [4.69, 9.17) is 0 Å². The Hall–Kier alpha value is 0.310. The van der Waals surface area contributed by atoms with Crippen molar-refractivity contribution in [3.63, 3.8) is 0 Å². The standard InChI is InChI=1S/C6H17NS/c1-5-8(4,6-2)7-3/h7H,5-6H2,1-4H3. The van der Waals surface area contributed by atoms with Gasteiger partial charge in [-0.2, -0.15) is 10.2 Å². The molecule has 0 aromatic rings. The third-order valence-electron chi connectivity index (χ3n) is 1.77. The van der Waals surface area contributed by atoms with Crippen LogP contribution in [0.4, 0.5) is 0 Å². The van der Waals surface area contributed by atoms with E-state index in [9.17, 15) is 0 Å². The highest BCUT2D eigenvalue weighted by atomic mass is 32.3. The maximum Gasteiger partial charge on any atom is -0.00714 e. The second kappa shape index (κ2) is 3.36. The van der Waals surface area contributed by atoms with Crippen LogP contribution in [0.1, 0.15) is 13.8 Å². The van der Waals surface area contributed by atoms with Gasteiger partial charge in [0, 0.05) is 0 Å². The van der Waals surface area contributed by atoms with Gasteiger partial charge in [0.05, 0.1) is 0 Å². The van der Waals surface area contributed by atoms with Crippen molar-refractivity contribution in [2.45, 2.75) is 13.8 Å². The van der Waals surface area contributed by atoms with Gasteiger partial charge in [0.15, 0.2) is 0 Å². The van der Waals surface area contributed by atoms with Gasteiger partial charge in [-0.1, -0.05) is 13.8 Å². The van der Waals surface area contributed by atoms with E-state index in [0.29, 0.717) is 0 Å². The minimum absolute atomic E-state index is 0.403. The van der Waals surface area contributed by atoms with Crippen LogP contribution in [0.25, 0.3) is 0 Å². The minimum atomic E-state index is -0.403. The summed E-state index contributed by atoms with van der Waals surface area (Å²) in [5.41, 5.74) is 0. The highest BCUT2D eigenvalue weighted by Crippen LogP contribution is 2.36. The van der Waals surface area contributed by atoms with Gasteiger partial charge in [-0.05, 0) is 24.8 Å². The fourth-order valence-corrected chi connectivity index (χ4v) is 1.48. The van der Waals surface area contributed by atoms with Gasteiger partial charge in [0.1, 0.15) is 0 Å². The quantitative estimate of drug-likeness (QED) is 0.620. The monoisotopic (exact) mass is 135 g/mol. The molecule has 0 unspecified atom stereocenters. The molecule has 0 heterocycles. The third-order valence-corrected chi connectivity index (χ3v) is 5.30. The summed E-state index contributed by atoms with van der Waals surface area (Å²) in [7, 11) is 1.66. The lowest BCUT2D eigenvalue weighted by atomic mass is 11.0. The molecule has 0 saturated heterocycles. The van der Waals surface area contributed by atoms with Gasteiger partial charge in [0.2, 0.25) is 0 Å². The van der Waals surface area contributed by atoms with Crippen LogP contribution in [0.5, 0.6) is 0 Å². The van der Waals surface area contributed by atoms with E-state index in [1.165, 1.54) is 11.5 Å². The van der Waals surface area contributed by atoms with Crippen LogP contribution >= 0.6 is 10.2 Å². The van der Waals surface area contributed by atoms with Crippen LogP contribution in [0.2, 0.25) is 0 Å². The Morgan fingerprint density at radius 3 is 1.62 bits per heavy atom. The summed E-state index contributed by atoms with van der Waals surface area (Å²) in [6, 6.07) is 0. The fraction of sp³-hybridized carbons (Fsp3) is 1.00. The summed E-state index contributed by atoms with van der Waals surface area (Å²) in [5.74, 6) is 2.58. The topological polar surface area (TPSA) is 12.0 Å². The zero-order chi connectivity index (χ0) is 6.62. The predicted molar refractivity (Wildman–Crippen MR) is 43.7 cm³/mol. The molecule has 1 N–H and O–H groups in total. The first-order valence-corrected chi connectivity index (χ1v) is 5.48. The summed E-state index contributed by atoms with van der Waals surface area (Å²) in [5, 5.41) is 0. The van der Waals surface area contributed by atoms with E-state index < -0.39 is 10.2 Å². The molecule has 2 heteroatoms. The predicted octanol–water partition coefficient (Wildman–Crippen LogP) is 1.59. The first kappa shape index (κ1) is 8.31. The van der Waals surface area contributed by atoms with Gasteiger partial charge in [-0.15, -0.1) is 0 Å². The molecule has 0 aliphatic rings. The van der Waals surface area contributed by atoms with Gasteiger partial charge in [0.25, 0.3) is 0 Å². The van der Waals surface area contributed by atoms with Crippen molar-refractivity contribution in [1.82, 2.24) is 4.72 Å². The van der Waals surface area contributed by atoms with Crippen LogP contribution in [0.15, 0.2) is 0 Å². The van der Waals surface area contributed by atoms with Crippen molar-refractivity contribution in [1.29, 1.82) is 0 Å². The summed E-state index contributed by atoms with van der Waals surface area (Å²) in [6.07, 6.45) is 2.33. The average molecular weight is 135 g/mol. The lowest BCUT2D eigenvalue weighted by Gasteiger charge is -2.32. The van der Waals surface area contributed by atoms with Gasteiger partial charge in [-0.3, -0.25) is 4.72 Å². The second-order valence-corrected chi connectivity index (χ2v) is 6.17. The summed E-state index contributed by atoms with van der Waals surface area (Å²) < 4.78 is 3.36. The Morgan fingerprint density at radius 1 is 1.25 bits per heavy atom. The normalized spacial score (nSPS) is 14.0. The van der Waals surface area contributed by atoms with E-state index in [1.54, 1.807) is 0 Å². The Kier molecular flexibility index (Phi) is 3.49. The fourth-order valence-electron chi connectivity index (χ4n) is 0.493. The van der Waals surface area contributed by atoms with Crippen molar-refractivity contribution in [2.24, 2.45) is 0 Å². The largest absolute Gasteiger partial charge is 0.284 e. The van der Waals surface area contributed by atoms with Crippen molar-refractivity contribution in [2.75, 3.05) is 24.8 Å². The first-order valence-electron chi connectivity index (χ1n) is 3.10. The third kappa shape index (κ3) is 2.05. The van der Waals surface area contributed by atoms with Crippen molar-refractivity contribution in [3.8, 4) is 0 Å². The summed E-state index contributed by atoms with van der Waals surface area (Å²) >= 11 is 0. The molecule has 0 aromatic heterocycles. The molecule has 0 amide bonds. The lowest BCUT2D eigenvalue weighted by molar-refractivity contribution is 1.21. The number of hydrogen-bond acceptors (Lipinski definition) is 1. The lowest BCUT2D eigenvalue weighted by Crippen LogP contribution is -2.18. The molecule has 0 bridgehead atoms. The molecular weight excluding hydrogens is 118 g/mol. The average Bonchev–Trinajstić information content (AvgIpc) is 1.87. The molecular formula is C6H17NS. The zero-order valence-corrected chi connectivity index (χ0v) is 7.14. The maximum atomic E-state index is 3.36. The molecule has 0 fully saturated rings. The number of hydrogen-bond donors (Lipinski definition) is 1. The molecule has 1 nitrogen and oxygen atoms in total. The smallest absolute Gasteiger partial charge is 0.00714 e. The Balaban J connectivity index is 3.58. The molecule has 0 aliphatic carbocycles. The Morgan fingerprint density at radius 2 is 1.62 bits per heavy atom. The maximum absolute atomic E-state index is 3.36. The van der Waals surface area contributed by atoms with E-state index in [2.05, 4.69) is 31.9 Å². The highest BCUT2D eigenvalue weighted by molar-refractivity contribution is 8.31. The highest BCUT2D eigenvalue weighted by Gasteiger charge is 2.07. The molecule has 52 valence electrons. The Bertz CT molecular complexity index is 51.3. The molecule has 0 saturated carbocycles. The zero-order valence-electron chi connectivity index (χ0n) is 6.32. The molecule has 0 rings (SSSR count). The van der Waals surface area contributed by atoms with Gasteiger partial charge < -0.3 is 0 Å². The van der Waals surface area contributed by atoms with Crippen LogP contribution < -0.4 is 4.72 Å². The van der Waals surface area contributed by atoms with Crippen LogP contribution in [-0.2, 0) is 0 Å². The van der Waals surface area contributed by atoms with E-state index >= 15 is 0 Å². The first-order chi connectivity index (χ1) is 3.68. The molecule has 0 aromatic carbocycles. The van der Waals surface area contributed by atoms with Crippen molar-refractivity contribution < 1.29 is 0 Å². The van der Waals surface area contributed by atoms with Crippen LogP contribution in [0, 0.1) is 0 Å². The van der Waals surface area contributed by atoms with Crippen LogP contribution in [0.3, 0.4) is 0 Å². The minimum Gasteiger partial charge on any atom is -0.284 e. The van der Waals surface area contributed by atoms with E-state index in [1.807, 2.05) is 0 Å². The number of rotatable bonds is 3.